The first kappa shape index (κ1) is 22.3. The summed E-state index contributed by atoms with van der Waals surface area (Å²) in [6, 6.07) is 8.18. The number of nitrogens with one attached hydrogen (secondary N) is 1. The van der Waals surface area contributed by atoms with E-state index in [4.69, 9.17) is 18.9 Å². The fraction of sp³-hybridized carbons (Fsp3) is 0.565. The number of oxazole rings is 1. The Bertz CT molecular complexity index is 780. The number of aryl methyl sites for hydroxylation is 1. The zero-order valence-electron chi connectivity index (χ0n) is 18.4. The number of hydrogen-bond acceptors (Lipinski definition) is 5. The molecule has 0 atom stereocenters. The van der Waals surface area contributed by atoms with Gasteiger partial charge in [0.05, 0.1) is 12.6 Å². The van der Waals surface area contributed by atoms with Gasteiger partial charge in [0.15, 0.2) is 5.96 Å². The average molecular weight is 415 g/mol. The molecule has 7 nitrogen and oxygen atoms in total. The second-order valence-electron chi connectivity index (χ2n) is 7.58. The van der Waals surface area contributed by atoms with Gasteiger partial charge in [0.1, 0.15) is 12.0 Å². The molecular formula is C23H34N4O3. The van der Waals surface area contributed by atoms with E-state index in [1.807, 2.05) is 12.1 Å². The van der Waals surface area contributed by atoms with Crippen LogP contribution in [0.15, 0.2) is 39.9 Å². The van der Waals surface area contributed by atoms with Crippen molar-refractivity contribution in [3.8, 4) is 11.5 Å². The predicted molar refractivity (Wildman–Crippen MR) is 119 cm³/mol. The first-order valence-electron chi connectivity index (χ1n) is 10.8. The first-order valence-corrected chi connectivity index (χ1v) is 10.8. The van der Waals surface area contributed by atoms with E-state index in [-0.39, 0.29) is 0 Å². The Morgan fingerprint density at radius 2 is 2.00 bits per heavy atom. The lowest BCUT2D eigenvalue weighted by Crippen LogP contribution is -2.47. The number of aliphatic imine (C=N–C) groups is 1. The second-order valence-corrected chi connectivity index (χ2v) is 7.58. The molecule has 1 saturated heterocycles. The topological polar surface area (TPSA) is 72.1 Å². The molecule has 0 bridgehead atoms. The molecule has 2 heterocycles. The normalized spacial score (nSPS) is 15.6. The SMILES string of the molecule is CCNC(=NCc1coc(-c2ccc(C)cc2)n1)N1CCC(OCCCOC)CC1. The zero-order chi connectivity index (χ0) is 21.2. The quantitative estimate of drug-likeness (QED) is 0.384. The molecule has 2 aromatic rings. The Morgan fingerprint density at radius 3 is 2.70 bits per heavy atom. The van der Waals surface area contributed by atoms with Crippen LogP contribution in [-0.2, 0) is 16.0 Å². The van der Waals surface area contributed by atoms with Crippen molar-refractivity contribution in [1.82, 2.24) is 15.2 Å². The standard InChI is InChI=1S/C23H34N4O3/c1-4-24-23(27-12-10-21(11-13-27)29-15-5-14-28-3)25-16-20-17-30-22(26-20)19-8-6-18(2)7-9-19/h6-9,17,21H,4-5,10-16H2,1-3H3,(H,24,25). The van der Waals surface area contributed by atoms with Gasteiger partial charge in [-0.1, -0.05) is 17.7 Å². The summed E-state index contributed by atoms with van der Waals surface area (Å²) in [5.41, 5.74) is 3.03. The van der Waals surface area contributed by atoms with Gasteiger partial charge in [0, 0.05) is 45.5 Å². The molecule has 0 unspecified atom stereocenters. The number of ether oxygens (including phenoxy) is 2. The van der Waals surface area contributed by atoms with Crippen LogP contribution < -0.4 is 5.32 Å². The number of likely N-dealkylation sites (tertiary alicyclic amines) is 1. The van der Waals surface area contributed by atoms with Crippen molar-refractivity contribution >= 4 is 5.96 Å². The van der Waals surface area contributed by atoms with E-state index in [2.05, 4.69) is 41.2 Å². The van der Waals surface area contributed by atoms with Gasteiger partial charge in [-0.2, -0.15) is 0 Å². The molecule has 1 aromatic carbocycles. The van der Waals surface area contributed by atoms with Crippen molar-refractivity contribution in [2.45, 2.75) is 45.8 Å². The Kier molecular flexibility index (Phi) is 8.71. The number of guanidine groups is 1. The first-order chi connectivity index (χ1) is 14.7. The Morgan fingerprint density at radius 1 is 1.23 bits per heavy atom. The summed E-state index contributed by atoms with van der Waals surface area (Å²) in [5.74, 6) is 1.56. The molecule has 7 heteroatoms. The van der Waals surface area contributed by atoms with Crippen LogP contribution in [-0.4, -0.2) is 61.9 Å². The van der Waals surface area contributed by atoms with Crippen molar-refractivity contribution in [3.05, 3.63) is 41.8 Å². The van der Waals surface area contributed by atoms with Crippen molar-refractivity contribution in [2.24, 2.45) is 4.99 Å². The fourth-order valence-corrected chi connectivity index (χ4v) is 3.48. The molecule has 0 aliphatic carbocycles. The lowest BCUT2D eigenvalue weighted by atomic mass is 10.1. The van der Waals surface area contributed by atoms with Crippen molar-refractivity contribution in [1.29, 1.82) is 0 Å². The molecule has 30 heavy (non-hydrogen) atoms. The molecule has 3 rings (SSSR count). The summed E-state index contributed by atoms with van der Waals surface area (Å²) in [4.78, 5) is 11.7. The summed E-state index contributed by atoms with van der Waals surface area (Å²) in [6.45, 7) is 8.88. The number of rotatable bonds is 9. The van der Waals surface area contributed by atoms with Crippen LogP contribution in [0.2, 0.25) is 0 Å². The minimum Gasteiger partial charge on any atom is -0.444 e. The lowest BCUT2D eigenvalue weighted by molar-refractivity contribution is 0.00990. The highest BCUT2D eigenvalue weighted by Crippen LogP contribution is 2.20. The molecular weight excluding hydrogens is 380 g/mol. The van der Waals surface area contributed by atoms with Crippen LogP contribution in [0.25, 0.3) is 11.5 Å². The molecule has 0 radical (unpaired) electrons. The number of benzene rings is 1. The number of aromatic nitrogens is 1. The van der Waals surface area contributed by atoms with Crippen LogP contribution in [0.5, 0.6) is 0 Å². The van der Waals surface area contributed by atoms with E-state index in [1.165, 1.54) is 5.56 Å². The number of hydrogen-bond donors (Lipinski definition) is 1. The van der Waals surface area contributed by atoms with Gasteiger partial charge in [-0.25, -0.2) is 9.98 Å². The minimum absolute atomic E-state index is 0.327. The summed E-state index contributed by atoms with van der Waals surface area (Å²) < 4.78 is 16.7. The molecule has 1 aromatic heterocycles. The molecule has 0 amide bonds. The largest absolute Gasteiger partial charge is 0.444 e. The fourth-order valence-electron chi connectivity index (χ4n) is 3.48. The third-order valence-electron chi connectivity index (χ3n) is 5.16. The Hall–Kier alpha value is -2.38. The maximum Gasteiger partial charge on any atom is 0.226 e. The molecule has 164 valence electrons. The average Bonchev–Trinajstić information content (AvgIpc) is 3.24. The molecule has 0 saturated carbocycles. The van der Waals surface area contributed by atoms with Crippen molar-refractivity contribution in [2.75, 3.05) is 40.0 Å². The predicted octanol–water partition coefficient (Wildman–Crippen LogP) is 3.63. The Labute approximate surface area is 179 Å². The minimum atomic E-state index is 0.327. The third kappa shape index (κ3) is 6.57. The monoisotopic (exact) mass is 414 g/mol. The van der Waals surface area contributed by atoms with Crippen molar-refractivity contribution < 1.29 is 13.9 Å². The van der Waals surface area contributed by atoms with Gasteiger partial charge in [0.2, 0.25) is 5.89 Å². The van der Waals surface area contributed by atoms with Gasteiger partial charge >= 0.3 is 0 Å². The molecule has 1 N–H and O–H groups in total. The highest BCUT2D eigenvalue weighted by atomic mass is 16.5. The van der Waals surface area contributed by atoms with Gasteiger partial charge in [-0.05, 0) is 45.2 Å². The third-order valence-corrected chi connectivity index (χ3v) is 5.16. The number of piperidine rings is 1. The molecule has 0 spiro atoms. The Balaban J connectivity index is 1.53. The number of methoxy groups -OCH3 is 1. The zero-order valence-corrected chi connectivity index (χ0v) is 18.4. The number of nitrogens with zero attached hydrogens (tertiary/aromatic N) is 3. The lowest BCUT2D eigenvalue weighted by Gasteiger charge is -2.34. The van der Waals surface area contributed by atoms with Gasteiger partial charge in [-0.3, -0.25) is 0 Å². The van der Waals surface area contributed by atoms with Crippen LogP contribution in [0.1, 0.15) is 37.4 Å². The molecule has 1 fully saturated rings. The van der Waals surface area contributed by atoms with Gasteiger partial charge in [0.25, 0.3) is 0 Å². The molecule has 1 aliphatic heterocycles. The van der Waals surface area contributed by atoms with Crippen LogP contribution >= 0.6 is 0 Å². The summed E-state index contributed by atoms with van der Waals surface area (Å²) in [6.07, 6.45) is 5.00. The second kappa shape index (κ2) is 11.7. The van der Waals surface area contributed by atoms with E-state index in [1.54, 1.807) is 13.4 Å². The summed E-state index contributed by atoms with van der Waals surface area (Å²) >= 11 is 0. The van der Waals surface area contributed by atoms with E-state index in [0.717, 1.165) is 69.3 Å². The molecule has 1 aliphatic rings. The van der Waals surface area contributed by atoms with Crippen molar-refractivity contribution in [3.63, 3.8) is 0 Å². The van der Waals surface area contributed by atoms with E-state index in [0.29, 0.717) is 18.5 Å². The maximum atomic E-state index is 5.97. The highest BCUT2D eigenvalue weighted by molar-refractivity contribution is 5.80. The van der Waals surface area contributed by atoms with E-state index >= 15 is 0 Å². The van der Waals surface area contributed by atoms with Crippen LogP contribution in [0.3, 0.4) is 0 Å². The van der Waals surface area contributed by atoms with Gasteiger partial charge in [-0.15, -0.1) is 0 Å². The highest BCUT2D eigenvalue weighted by Gasteiger charge is 2.22. The summed E-state index contributed by atoms with van der Waals surface area (Å²) in [5, 5.41) is 3.40. The maximum absolute atomic E-state index is 5.97. The van der Waals surface area contributed by atoms with Gasteiger partial charge < -0.3 is 24.1 Å². The van der Waals surface area contributed by atoms with E-state index < -0.39 is 0 Å². The van der Waals surface area contributed by atoms with Crippen LogP contribution in [0, 0.1) is 6.92 Å². The smallest absolute Gasteiger partial charge is 0.226 e. The summed E-state index contributed by atoms with van der Waals surface area (Å²) in [7, 11) is 1.72. The van der Waals surface area contributed by atoms with E-state index in [9.17, 15) is 0 Å². The van der Waals surface area contributed by atoms with Crippen LogP contribution in [0.4, 0.5) is 0 Å².